The summed E-state index contributed by atoms with van der Waals surface area (Å²) in [7, 11) is -5.69. The number of anilines is 1. The van der Waals surface area contributed by atoms with Crippen LogP contribution >= 0.6 is 11.6 Å². The number of nitrogens with zero attached hydrogens (tertiary/aromatic N) is 1. The molecule has 0 atom stereocenters. The standard InChI is InChI=1S/C10H15ClN2O4S2/c1-13(5-6-18(2,14)15)19(16,17)8-3-4-10(12)9(11)7-8/h3-4,7H,5-6,12H2,1-2H3. The second-order valence-corrected chi connectivity index (χ2v) is 8.85. The third kappa shape index (κ3) is 4.34. The van der Waals surface area contributed by atoms with Crippen LogP contribution in [0, 0.1) is 0 Å². The van der Waals surface area contributed by atoms with Gasteiger partial charge in [0.25, 0.3) is 0 Å². The Kier molecular flexibility index (Phi) is 4.83. The summed E-state index contributed by atoms with van der Waals surface area (Å²) in [6.07, 6.45) is 1.05. The van der Waals surface area contributed by atoms with Gasteiger partial charge in [-0.05, 0) is 18.2 Å². The summed E-state index contributed by atoms with van der Waals surface area (Å²) in [5.41, 5.74) is 5.78. The summed E-state index contributed by atoms with van der Waals surface area (Å²) < 4.78 is 47.3. The average Bonchev–Trinajstić information content (AvgIpc) is 2.28. The maximum atomic E-state index is 12.1. The summed E-state index contributed by atoms with van der Waals surface area (Å²) >= 11 is 5.77. The fourth-order valence-corrected chi connectivity index (χ4v) is 3.43. The number of halogens is 1. The SMILES string of the molecule is CN(CCS(C)(=O)=O)S(=O)(=O)c1ccc(N)c(Cl)c1. The Labute approximate surface area is 118 Å². The molecule has 1 rings (SSSR count). The third-order valence-corrected chi connectivity index (χ3v) is 5.56. The number of rotatable bonds is 5. The van der Waals surface area contributed by atoms with E-state index < -0.39 is 19.9 Å². The Morgan fingerprint density at radius 3 is 2.32 bits per heavy atom. The van der Waals surface area contributed by atoms with Crippen molar-refractivity contribution in [2.24, 2.45) is 0 Å². The number of hydrogen-bond donors (Lipinski definition) is 1. The zero-order valence-electron chi connectivity index (χ0n) is 10.5. The molecule has 0 saturated heterocycles. The molecule has 0 aliphatic carbocycles. The lowest BCUT2D eigenvalue weighted by molar-refractivity contribution is 0.485. The first-order valence-electron chi connectivity index (χ1n) is 5.23. The minimum Gasteiger partial charge on any atom is -0.398 e. The maximum Gasteiger partial charge on any atom is 0.242 e. The Morgan fingerprint density at radius 2 is 1.84 bits per heavy atom. The van der Waals surface area contributed by atoms with Gasteiger partial charge in [-0.3, -0.25) is 0 Å². The monoisotopic (exact) mass is 326 g/mol. The first kappa shape index (κ1) is 16.2. The molecule has 1 aromatic carbocycles. The highest BCUT2D eigenvalue weighted by molar-refractivity contribution is 7.91. The zero-order chi connectivity index (χ0) is 14.8. The highest BCUT2D eigenvalue weighted by Crippen LogP contribution is 2.24. The summed E-state index contributed by atoms with van der Waals surface area (Å²) in [5, 5.41) is 0.137. The minimum absolute atomic E-state index is 0.0253. The van der Waals surface area contributed by atoms with Gasteiger partial charge in [0.15, 0.2) is 0 Å². The highest BCUT2D eigenvalue weighted by atomic mass is 35.5. The molecule has 0 unspecified atom stereocenters. The number of nitrogen functional groups attached to an aromatic ring is 1. The Balaban J connectivity index is 3.00. The molecular formula is C10H15ClN2O4S2. The molecule has 108 valence electrons. The highest BCUT2D eigenvalue weighted by Gasteiger charge is 2.22. The van der Waals surface area contributed by atoms with E-state index in [1.807, 2.05) is 0 Å². The molecule has 9 heteroatoms. The van der Waals surface area contributed by atoms with Crippen LogP contribution in [0.5, 0.6) is 0 Å². The van der Waals surface area contributed by atoms with Crippen LogP contribution in [0.15, 0.2) is 23.1 Å². The summed E-state index contributed by atoms with van der Waals surface area (Å²) in [5.74, 6) is -0.245. The van der Waals surface area contributed by atoms with Crippen molar-refractivity contribution >= 4 is 37.1 Å². The molecule has 0 aromatic heterocycles. The lowest BCUT2D eigenvalue weighted by Crippen LogP contribution is -2.31. The molecule has 1 aromatic rings. The Bertz CT molecular complexity index is 671. The number of nitrogens with two attached hydrogens (primary N) is 1. The molecule has 0 aliphatic rings. The van der Waals surface area contributed by atoms with Crippen LogP contribution in [0.1, 0.15) is 0 Å². The smallest absolute Gasteiger partial charge is 0.242 e. The van der Waals surface area contributed by atoms with Crippen LogP contribution in [0.4, 0.5) is 5.69 Å². The van der Waals surface area contributed by atoms with E-state index in [0.29, 0.717) is 0 Å². The quantitative estimate of drug-likeness (QED) is 0.798. The van der Waals surface area contributed by atoms with Crippen LogP contribution in [0.2, 0.25) is 5.02 Å². The van der Waals surface area contributed by atoms with E-state index in [2.05, 4.69) is 0 Å². The molecule has 0 heterocycles. The van der Waals surface area contributed by atoms with E-state index in [-0.39, 0.29) is 27.9 Å². The molecular weight excluding hydrogens is 312 g/mol. The normalized spacial score (nSPS) is 12.8. The predicted molar refractivity (Wildman–Crippen MR) is 75.4 cm³/mol. The molecule has 0 aliphatic heterocycles. The van der Waals surface area contributed by atoms with E-state index >= 15 is 0 Å². The van der Waals surface area contributed by atoms with Crippen LogP contribution < -0.4 is 5.73 Å². The molecule has 0 amide bonds. The van der Waals surface area contributed by atoms with E-state index in [1.54, 1.807) is 0 Å². The lowest BCUT2D eigenvalue weighted by Gasteiger charge is -2.17. The van der Waals surface area contributed by atoms with Crippen molar-refractivity contribution in [1.29, 1.82) is 0 Å². The van der Waals surface area contributed by atoms with Crippen molar-refractivity contribution in [1.82, 2.24) is 4.31 Å². The van der Waals surface area contributed by atoms with Gasteiger partial charge in [0.1, 0.15) is 9.84 Å². The third-order valence-electron chi connectivity index (χ3n) is 2.46. The Morgan fingerprint density at radius 1 is 1.26 bits per heavy atom. The summed E-state index contributed by atoms with van der Waals surface area (Å²) in [6, 6.07) is 3.95. The van der Waals surface area contributed by atoms with Gasteiger partial charge in [0.05, 0.1) is 21.4 Å². The molecule has 6 nitrogen and oxygen atoms in total. The van der Waals surface area contributed by atoms with Gasteiger partial charge in [0.2, 0.25) is 10.0 Å². The summed E-state index contributed by atoms with van der Waals surface area (Å²) in [4.78, 5) is -0.0253. The average molecular weight is 327 g/mol. The van der Waals surface area contributed by atoms with Gasteiger partial charge in [0, 0.05) is 19.8 Å². The topological polar surface area (TPSA) is 97.5 Å². The first-order chi connectivity index (χ1) is 8.54. The van der Waals surface area contributed by atoms with Gasteiger partial charge >= 0.3 is 0 Å². The minimum atomic E-state index is -3.77. The second kappa shape index (κ2) is 5.66. The van der Waals surface area contributed by atoms with Gasteiger partial charge in [-0.25, -0.2) is 16.8 Å². The number of sulfonamides is 1. The van der Waals surface area contributed by atoms with E-state index in [9.17, 15) is 16.8 Å². The Hall–Kier alpha value is -0.830. The van der Waals surface area contributed by atoms with Gasteiger partial charge in [-0.1, -0.05) is 11.6 Å². The summed E-state index contributed by atoms with van der Waals surface area (Å²) in [6.45, 7) is -0.122. The molecule has 0 radical (unpaired) electrons. The molecule has 0 fully saturated rings. The van der Waals surface area contributed by atoms with Crippen molar-refractivity contribution in [3.05, 3.63) is 23.2 Å². The van der Waals surface area contributed by atoms with Crippen molar-refractivity contribution in [3.8, 4) is 0 Å². The largest absolute Gasteiger partial charge is 0.398 e. The molecule has 19 heavy (non-hydrogen) atoms. The molecule has 0 spiro atoms. The van der Waals surface area contributed by atoms with Crippen molar-refractivity contribution in [2.75, 3.05) is 31.3 Å². The van der Waals surface area contributed by atoms with E-state index in [0.717, 1.165) is 10.6 Å². The van der Waals surface area contributed by atoms with Crippen molar-refractivity contribution in [3.63, 3.8) is 0 Å². The van der Waals surface area contributed by atoms with Crippen LogP contribution in [-0.2, 0) is 19.9 Å². The zero-order valence-corrected chi connectivity index (χ0v) is 12.9. The second-order valence-electron chi connectivity index (χ2n) is 4.14. The predicted octanol–water partition coefficient (Wildman–Crippen LogP) is 0.587. The first-order valence-corrected chi connectivity index (χ1v) is 9.11. The fourth-order valence-electron chi connectivity index (χ4n) is 1.26. The van der Waals surface area contributed by atoms with E-state index in [4.69, 9.17) is 17.3 Å². The van der Waals surface area contributed by atoms with Crippen molar-refractivity contribution in [2.45, 2.75) is 4.90 Å². The molecule has 2 N–H and O–H groups in total. The van der Waals surface area contributed by atoms with Crippen LogP contribution in [0.3, 0.4) is 0 Å². The lowest BCUT2D eigenvalue weighted by atomic mass is 10.3. The molecule has 0 saturated carbocycles. The molecule has 0 bridgehead atoms. The number of sulfone groups is 1. The number of hydrogen-bond acceptors (Lipinski definition) is 5. The van der Waals surface area contributed by atoms with Crippen molar-refractivity contribution < 1.29 is 16.8 Å². The van der Waals surface area contributed by atoms with Crippen LogP contribution in [0.25, 0.3) is 0 Å². The fraction of sp³-hybridized carbons (Fsp3) is 0.400. The van der Waals surface area contributed by atoms with Gasteiger partial charge < -0.3 is 5.73 Å². The number of benzene rings is 1. The van der Waals surface area contributed by atoms with E-state index in [1.165, 1.54) is 25.2 Å². The van der Waals surface area contributed by atoms with Crippen LogP contribution in [-0.4, -0.2) is 46.7 Å². The van der Waals surface area contributed by atoms with Gasteiger partial charge in [-0.15, -0.1) is 0 Å². The van der Waals surface area contributed by atoms with Gasteiger partial charge in [-0.2, -0.15) is 4.31 Å². The maximum absolute atomic E-state index is 12.1.